The number of amides is 1. The number of hydrogen-bond donors (Lipinski definition) is 1. The van der Waals surface area contributed by atoms with Crippen LogP contribution in [0.25, 0.3) is 11.5 Å². The lowest BCUT2D eigenvalue weighted by Crippen LogP contribution is -2.11. The highest BCUT2D eigenvalue weighted by Gasteiger charge is 2.19. The molecule has 2 rings (SSSR count). The van der Waals surface area contributed by atoms with Crippen LogP contribution in [0.15, 0.2) is 16.5 Å². The topological polar surface area (TPSA) is 95.7 Å². The third kappa shape index (κ3) is 5.60. The molecule has 1 amide bonds. The van der Waals surface area contributed by atoms with Crippen LogP contribution in [0.1, 0.15) is 47.0 Å². The van der Waals surface area contributed by atoms with E-state index in [-0.39, 0.29) is 17.8 Å². The highest BCUT2D eigenvalue weighted by atomic mass is 16.5. The monoisotopic (exact) mass is 377 g/mol. The van der Waals surface area contributed by atoms with Crippen molar-refractivity contribution in [1.82, 2.24) is 10.2 Å². The summed E-state index contributed by atoms with van der Waals surface area (Å²) in [5.41, 5.74) is 0.618. The Hall–Kier alpha value is -2.77. The maximum absolute atomic E-state index is 11.8. The van der Waals surface area contributed by atoms with Gasteiger partial charge < -0.3 is 18.6 Å². The molecule has 0 unspecified atom stereocenters. The van der Waals surface area contributed by atoms with Gasteiger partial charge in [0.2, 0.25) is 17.5 Å². The highest BCUT2D eigenvalue weighted by molar-refractivity contribution is 5.88. The van der Waals surface area contributed by atoms with Crippen molar-refractivity contribution in [2.24, 2.45) is 0 Å². The van der Waals surface area contributed by atoms with E-state index in [0.29, 0.717) is 49.1 Å². The van der Waals surface area contributed by atoms with Crippen LogP contribution in [0.4, 0.5) is 6.01 Å². The molecule has 8 heteroatoms. The SMILES string of the molecule is CCCCC(=O)Nc1nnc(-c2cc(OCC)c(OCC)c(OCC)c2)o1. The Morgan fingerprint density at radius 1 is 1.00 bits per heavy atom. The van der Waals surface area contributed by atoms with E-state index in [4.69, 9.17) is 18.6 Å². The van der Waals surface area contributed by atoms with Gasteiger partial charge in [-0.05, 0) is 39.3 Å². The van der Waals surface area contributed by atoms with Crippen molar-refractivity contribution < 1.29 is 23.4 Å². The lowest BCUT2D eigenvalue weighted by Gasteiger charge is -2.16. The van der Waals surface area contributed by atoms with E-state index in [9.17, 15) is 4.79 Å². The standard InChI is InChI=1S/C19H27N3O5/c1-5-9-10-16(23)20-19-22-21-18(27-19)13-11-14(24-6-2)17(26-8-4)15(12-13)25-7-3/h11-12H,5-10H2,1-4H3,(H,20,22,23). The average molecular weight is 377 g/mol. The predicted molar refractivity (Wildman–Crippen MR) is 101 cm³/mol. The molecular formula is C19H27N3O5. The van der Waals surface area contributed by atoms with Gasteiger partial charge in [0.25, 0.3) is 0 Å². The van der Waals surface area contributed by atoms with Gasteiger partial charge in [0.15, 0.2) is 11.5 Å². The van der Waals surface area contributed by atoms with E-state index in [1.54, 1.807) is 12.1 Å². The molecule has 2 aromatic rings. The molecule has 1 heterocycles. The quantitative estimate of drug-likeness (QED) is 0.631. The summed E-state index contributed by atoms with van der Waals surface area (Å²) in [5.74, 6) is 1.71. The Bertz CT molecular complexity index is 718. The van der Waals surface area contributed by atoms with E-state index < -0.39 is 0 Å². The van der Waals surface area contributed by atoms with Crippen molar-refractivity contribution in [2.45, 2.75) is 47.0 Å². The van der Waals surface area contributed by atoms with Crippen molar-refractivity contribution >= 4 is 11.9 Å². The second-order valence-electron chi connectivity index (χ2n) is 5.66. The van der Waals surface area contributed by atoms with Gasteiger partial charge in [0.1, 0.15) is 0 Å². The van der Waals surface area contributed by atoms with E-state index >= 15 is 0 Å². The number of aromatic nitrogens is 2. The number of unbranched alkanes of at least 4 members (excludes halogenated alkanes) is 1. The van der Waals surface area contributed by atoms with Crippen molar-refractivity contribution in [3.8, 4) is 28.7 Å². The fourth-order valence-corrected chi connectivity index (χ4v) is 2.42. The Balaban J connectivity index is 2.30. The third-order valence-electron chi connectivity index (χ3n) is 3.58. The lowest BCUT2D eigenvalue weighted by molar-refractivity contribution is -0.116. The first-order chi connectivity index (χ1) is 13.1. The first kappa shape index (κ1) is 20.5. The molecule has 0 bridgehead atoms. The molecule has 0 radical (unpaired) electrons. The van der Waals surface area contributed by atoms with Crippen LogP contribution in [0.2, 0.25) is 0 Å². The number of nitrogens with one attached hydrogen (secondary N) is 1. The fourth-order valence-electron chi connectivity index (χ4n) is 2.42. The molecule has 0 aliphatic carbocycles. The van der Waals surface area contributed by atoms with Crippen LogP contribution < -0.4 is 19.5 Å². The predicted octanol–water partition coefficient (Wildman–Crippen LogP) is 4.06. The molecule has 8 nitrogen and oxygen atoms in total. The largest absolute Gasteiger partial charge is 0.490 e. The van der Waals surface area contributed by atoms with Crippen molar-refractivity contribution in [3.63, 3.8) is 0 Å². The van der Waals surface area contributed by atoms with Crippen LogP contribution in [0.3, 0.4) is 0 Å². The minimum Gasteiger partial charge on any atom is -0.490 e. The second-order valence-corrected chi connectivity index (χ2v) is 5.66. The number of rotatable bonds is 11. The fraction of sp³-hybridized carbons (Fsp3) is 0.526. The molecule has 0 aliphatic rings. The zero-order valence-electron chi connectivity index (χ0n) is 16.3. The molecule has 0 fully saturated rings. The molecule has 27 heavy (non-hydrogen) atoms. The van der Waals surface area contributed by atoms with Gasteiger partial charge in [-0.2, -0.15) is 0 Å². The van der Waals surface area contributed by atoms with Gasteiger partial charge in [-0.1, -0.05) is 18.4 Å². The van der Waals surface area contributed by atoms with E-state index in [0.717, 1.165) is 12.8 Å². The van der Waals surface area contributed by atoms with Crippen molar-refractivity contribution in [1.29, 1.82) is 0 Å². The minimum atomic E-state index is -0.149. The van der Waals surface area contributed by atoms with E-state index in [1.165, 1.54) is 0 Å². The average Bonchev–Trinajstić information content (AvgIpc) is 3.11. The highest BCUT2D eigenvalue weighted by Crippen LogP contribution is 2.41. The molecule has 148 valence electrons. The third-order valence-corrected chi connectivity index (χ3v) is 3.58. The smallest absolute Gasteiger partial charge is 0.322 e. The second kappa shape index (κ2) is 10.4. The van der Waals surface area contributed by atoms with Gasteiger partial charge in [-0.15, -0.1) is 5.10 Å². The maximum Gasteiger partial charge on any atom is 0.322 e. The summed E-state index contributed by atoms with van der Waals surface area (Å²) < 4.78 is 22.6. The number of ether oxygens (including phenoxy) is 3. The van der Waals surface area contributed by atoms with E-state index in [2.05, 4.69) is 15.5 Å². The number of benzene rings is 1. The van der Waals surface area contributed by atoms with E-state index in [1.807, 2.05) is 27.7 Å². The molecular weight excluding hydrogens is 350 g/mol. The molecule has 0 atom stereocenters. The molecule has 0 spiro atoms. The minimum absolute atomic E-state index is 0.0657. The molecule has 0 saturated heterocycles. The Morgan fingerprint density at radius 3 is 2.19 bits per heavy atom. The van der Waals surface area contributed by atoms with Gasteiger partial charge in [-0.25, -0.2) is 0 Å². The zero-order valence-corrected chi connectivity index (χ0v) is 16.3. The number of anilines is 1. The van der Waals surface area contributed by atoms with Crippen LogP contribution in [-0.2, 0) is 4.79 Å². The lowest BCUT2D eigenvalue weighted by atomic mass is 10.2. The molecule has 0 saturated carbocycles. The first-order valence-corrected chi connectivity index (χ1v) is 9.32. The van der Waals surface area contributed by atoms with Crippen molar-refractivity contribution in [3.05, 3.63) is 12.1 Å². The molecule has 1 aromatic carbocycles. The normalized spacial score (nSPS) is 10.5. The number of nitrogens with zero attached hydrogens (tertiary/aromatic N) is 2. The molecule has 0 aliphatic heterocycles. The number of carbonyl (C=O) groups is 1. The van der Waals surface area contributed by atoms with Crippen LogP contribution in [-0.4, -0.2) is 35.9 Å². The molecule has 1 N–H and O–H groups in total. The summed E-state index contributed by atoms with van der Waals surface area (Å²) in [5, 5.41) is 10.5. The Labute approximate surface area is 159 Å². The summed E-state index contributed by atoms with van der Waals surface area (Å²) in [4.78, 5) is 11.8. The van der Waals surface area contributed by atoms with Crippen LogP contribution in [0.5, 0.6) is 17.2 Å². The van der Waals surface area contributed by atoms with Crippen LogP contribution in [0, 0.1) is 0 Å². The van der Waals surface area contributed by atoms with Crippen LogP contribution >= 0.6 is 0 Å². The van der Waals surface area contributed by atoms with Gasteiger partial charge in [0, 0.05) is 12.0 Å². The summed E-state index contributed by atoms with van der Waals surface area (Å²) in [6.45, 7) is 9.11. The summed E-state index contributed by atoms with van der Waals surface area (Å²) in [7, 11) is 0. The van der Waals surface area contributed by atoms with Gasteiger partial charge in [-0.3, -0.25) is 10.1 Å². The number of carbonyl (C=O) groups excluding carboxylic acids is 1. The number of hydrogen-bond acceptors (Lipinski definition) is 7. The van der Waals surface area contributed by atoms with Crippen molar-refractivity contribution in [2.75, 3.05) is 25.1 Å². The summed E-state index contributed by atoms with van der Waals surface area (Å²) in [6.07, 6.45) is 2.16. The van der Waals surface area contributed by atoms with Gasteiger partial charge in [0.05, 0.1) is 19.8 Å². The molecule has 1 aromatic heterocycles. The zero-order chi connectivity index (χ0) is 19.6. The summed E-state index contributed by atoms with van der Waals surface area (Å²) >= 11 is 0. The van der Waals surface area contributed by atoms with Gasteiger partial charge >= 0.3 is 6.01 Å². The maximum atomic E-state index is 11.8. The summed E-state index contributed by atoms with van der Waals surface area (Å²) in [6, 6.07) is 3.58. The Morgan fingerprint density at radius 2 is 1.63 bits per heavy atom. The Kier molecular flexibility index (Phi) is 7.91. The first-order valence-electron chi connectivity index (χ1n) is 9.32.